The summed E-state index contributed by atoms with van der Waals surface area (Å²) >= 11 is 0. The van der Waals surface area contributed by atoms with Gasteiger partial charge in [-0.25, -0.2) is 9.97 Å². The highest BCUT2D eigenvalue weighted by molar-refractivity contribution is 6.10. The second kappa shape index (κ2) is 11.2. The van der Waals surface area contributed by atoms with Gasteiger partial charge in [0.05, 0.1) is 30.7 Å². The minimum atomic E-state index is -4.60. The molecule has 46 heavy (non-hydrogen) atoms. The number of hydrogen-bond donors (Lipinski definition) is 2. The van der Waals surface area contributed by atoms with Gasteiger partial charge in [-0.05, 0) is 80.0 Å². The molecule has 0 atom stereocenters. The number of amides is 1. The summed E-state index contributed by atoms with van der Waals surface area (Å²) in [5.74, 6) is 1.22. The van der Waals surface area contributed by atoms with E-state index in [9.17, 15) is 18.0 Å². The molecule has 0 unspecified atom stereocenters. The average molecular weight is 634 g/mol. The lowest BCUT2D eigenvalue weighted by molar-refractivity contribution is -0.138. The van der Waals surface area contributed by atoms with Gasteiger partial charge in [0.1, 0.15) is 23.8 Å². The van der Waals surface area contributed by atoms with E-state index in [2.05, 4.69) is 32.7 Å². The Morgan fingerprint density at radius 1 is 1.00 bits per heavy atom. The maximum atomic E-state index is 14.4. The molecule has 0 saturated heterocycles. The van der Waals surface area contributed by atoms with Crippen LogP contribution in [0, 0.1) is 0 Å². The first-order valence-electron chi connectivity index (χ1n) is 15.8. The Morgan fingerprint density at radius 2 is 1.78 bits per heavy atom. The van der Waals surface area contributed by atoms with Crippen molar-refractivity contribution in [2.45, 2.75) is 88.6 Å². The molecule has 2 fully saturated rings. The number of hydrogen-bond acceptors (Lipinski definition) is 7. The minimum Gasteiger partial charge on any atom is -0.364 e. The summed E-state index contributed by atoms with van der Waals surface area (Å²) in [6, 6.07) is 6.67. The van der Waals surface area contributed by atoms with Crippen LogP contribution < -0.4 is 15.5 Å². The van der Waals surface area contributed by atoms with Crippen LogP contribution in [-0.2, 0) is 51.7 Å². The molecule has 0 radical (unpaired) electrons. The van der Waals surface area contributed by atoms with Crippen molar-refractivity contribution in [2.24, 2.45) is 14.1 Å². The first-order valence-corrected chi connectivity index (χ1v) is 15.8. The second-order valence-electron chi connectivity index (χ2n) is 13.5. The standard InChI is InChI=1S/C33H38F3N9O/c1-31(6-4-7-31)39-15-21-10-24-25(26(11-21)33(34,35)36)18-45(30(24)46)28-13-22(12-27(41-28)37-16-23-17-43(2)19-38-23)32(8-5-9-32)14-29-42-40-20-44(29)3/h10-13,17,19-20,39H,4-9,14-16,18H2,1-3H3,(H,37,41). The molecule has 10 nitrogen and oxygen atoms in total. The number of alkyl halides is 3. The summed E-state index contributed by atoms with van der Waals surface area (Å²) in [6.07, 6.45) is 7.23. The number of anilines is 2. The molecule has 0 bridgehead atoms. The van der Waals surface area contributed by atoms with Crippen molar-refractivity contribution in [3.63, 3.8) is 0 Å². The molecule has 1 aromatic carbocycles. The molecule has 0 spiro atoms. The summed E-state index contributed by atoms with van der Waals surface area (Å²) in [6.45, 7) is 2.54. The molecule has 242 valence electrons. The number of halogens is 3. The van der Waals surface area contributed by atoms with Crippen molar-refractivity contribution in [3.05, 3.63) is 82.5 Å². The SMILES string of the molecule is Cn1cnc(CNc2cc(C3(Cc4nncn4C)CCC3)cc(N3Cc4c(cc(CNC5(C)CCC5)cc4C(F)(F)F)C3=O)n2)c1. The van der Waals surface area contributed by atoms with Gasteiger partial charge in [-0.3, -0.25) is 9.69 Å². The molecule has 4 aromatic rings. The first kappa shape index (κ1) is 30.4. The molecule has 3 aromatic heterocycles. The van der Waals surface area contributed by atoms with Crippen LogP contribution in [0.4, 0.5) is 24.8 Å². The summed E-state index contributed by atoms with van der Waals surface area (Å²) < 4.78 is 47.1. The number of aromatic nitrogens is 6. The smallest absolute Gasteiger partial charge is 0.364 e. The van der Waals surface area contributed by atoms with E-state index in [1.165, 1.54) is 11.0 Å². The van der Waals surface area contributed by atoms with Crippen LogP contribution in [0.5, 0.6) is 0 Å². The van der Waals surface area contributed by atoms with Gasteiger partial charge in [0.25, 0.3) is 5.91 Å². The van der Waals surface area contributed by atoms with Gasteiger partial charge < -0.3 is 19.8 Å². The van der Waals surface area contributed by atoms with Gasteiger partial charge >= 0.3 is 6.18 Å². The number of pyridine rings is 1. The van der Waals surface area contributed by atoms with Crippen LogP contribution in [-0.4, -0.2) is 40.7 Å². The molecular weight excluding hydrogens is 595 g/mol. The van der Waals surface area contributed by atoms with Crippen molar-refractivity contribution in [1.29, 1.82) is 0 Å². The molecule has 1 aliphatic heterocycles. The molecule has 2 aliphatic carbocycles. The topological polar surface area (TPSA) is 106 Å². The van der Waals surface area contributed by atoms with E-state index in [0.717, 1.165) is 55.6 Å². The molecule has 2 saturated carbocycles. The Balaban J connectivity index is 1.25. The van der Waals surface area contributed by atoms with Crippen molar-refractivity contribution in [2.75, 3.05) is 10.2 Å². The Labute approximate surface area is 265 Å². The summed E-state index contributed by atoms with van der Waals surface area (Å²) in [4.78, 5) is 24.5. The summed E-state index contributed by atoms with van der Waals surface area (Å²) in [5.41, 5.74) is 1.19. The predicted octanol–water partition coefficient (Wildman–Crippen LogP) is 5.43. The van der Waals surface area contributed by atoms with Gasteiger partial charge in [0.15, 0.2) is 0 Å². The number of rotatable bonds is 10. The molecular formula is C33H38F3N9O. The highest BCUT2D eigenvalue weighted by Gasteiger charge is 2.43. The lowest BCUT2D eigenvalue weighted by atomic mass is 9.62. The van der Waals surface area contributed by atoms with Crippen LogP contribution in [0.3, 0.4) is 0 Å². The van der Waals surface area contributed by atoms with Gasteiger partial charge in [0.2, 0.25) is 0 Å². The van der Waals surface area contributed by atoms with E-state index in [0.29, 0.717) is 30.2 Å². The molecule has 7 rings (SSSR count). The number of aryl methyl sites for hydroxylation is 2. The summed E-state index contributed by atoms with van der Waals surface area (Å²) in [7, 11) is 3.80. The van der Waals surface area contributed by atoms with E-state index >= 15 is 0 Å². The third-order valence-corrected chi connectivity index (χ3v) is 10.1. The van der Waals surface area contributed by atoms with Crippen molar-refractivity contribution >= 4 is 17.5 Å². The van der Waals surface area contributed by atoms with Crippen LogP contribution in [0.2, 0.25) is 0 Å². The number of carbonyl (C=O) groups excluding carboxylic acids is 1. The highest BCUT2D eigenvalue weighted by atomic mass is 19.4. The number of imidazole rings is 1. The van der Waals surface area contributed by atoms with Crippen LogP contribution >= 0.6 is 0 Å². The zero-order valence-electron chi connectivity index (χ0n) is 26.3. The molecule has 3 aliphatic rings. The molecule has 1 amide bonds. The van der Waals surface area contributed by atoms with E-state index in [1.807, 2.05) is 41.6 Å². The molecule has 2 N–H and O–H groups in total. The predicted molar refractivity (Wildman–Crippen MR) is 166 cm³/mol. The number of benzene rings is 1. The Morgan fingerprint density at radius 3 is 2.39 bits per heavy atom. The van der Waals surface area contributed by atoms with E-state index < -0.39 is 17.6 Å². The minimum absolute atomic E-state index is 0.0104. The average Bonchev–Trinajstić information content (AvgIpc) is 3.68. The van der Waals surface area contributed by atoms with E-state index in [-0.39, 0.29) is 35.2 Å². The third-order valence-electron chi connectivity index (χ3n) is 10.1. The second-order valence-corrected chi connectivity index (χ2v) is 13.5. The van der Waals surface area contributed by atoms with Gasteiger partial charge in [0, 0.05) is 49.8 Å². The van der Waals surface area contributed by atoms with Crippen molar-refractivity contribution < 1.29 is 18.0 Å². The van der Waals surface area contributed by atoms with Gasteiger partial charge in [-0.2, -0.15) is 13.2 Å². The van der Waals surface area contributed by atoms with Gasteiger partial charge in [-0.1, -0.05) is 6.42 Å². The Bertz CT molecular complexity index is 1780. The van der Waals surface area contributed by atoms with Gasteiger partial charge in [-0.15, -0.1) is 10.2 Å². The maximum Gasteiger partial charge on any atom is 0.416 e. The zero-order chi connectivity index (χ0) is 32.3. The fourth-order valence-corrected chi connectivity index (χ4v) is 6.94. The van der Waals surface area contributed by atoms with Crippen LogP contribution in [0.15, 0.2) is 43.1 Å². The number of nitrogens with one attached hydrogen (secondary N) is 2. The fourth-order valence-electron chi connectivity index (χ4n) is 6.94. The Kier molecular flexibility index (Phi) is 7.41. The number of nitrogens with zero attached hydrogens (tertiary/aromatic N) is 7. The largest absolute Gasteiger partial charge is 0.416 e. The fraction of sp³-hybridized carbons (Fsp3) is 0.485. The zero-order valence-corrected chi connectivity index (χ0v) is 26.3. The maximum absolute atomic E-state index is 14.4. The highest BCUT2D eigenvalue weighted by Crippen LogP contribution is 2.48. The van der Waals surface area contributed by atoms with Crippen molar-refractivity contribution in [1.82, 2.24) is 34.6 Å². The van der Waals surface area contributed by atoms with Crippen LogP contribution in [0.25, 0.3) is 0 Å². The molecule has 4 heterocycles. The number of carbonyl (C=O) groups is 1. The Hall–Kier alpha value is -4.26. The summed E-state index contributed by atoms with van der Waals surface area (Å²) in [5, 5.41) is 15.1. The van der Waals surface area contributed by atoms with E-state index in [4.69, 9.17) is 4.98 Å². The van der Waals surface area contributed by atoms with Crippen molar-refractivity contribution in [3.8, 4) is 0 Å². The quantitative estimate of drug-likeness (QED) is 0.240. The van der Waals surface area contributed by atoms with Crippen LogP contribution in [0.1, 0.15) is 89.6 Å². The molecule has 13 heteroatoms. The number of fused-ring (bicyclic) bond motifs is 1. The lowest BCUT2D eigenvalue weighted by Crippen LogP contribution is -2.47. The third kappa shape index (κ3) is 5.65. The lowest BCUT2D eigenvalue weighted by Gasteiger charge is -2.42. The monoisotopic (exact) mass is 633 g/mol. The van der Waals surface area contributed by atoms with E-state index in [1.54, 1.807) is 18.7 Å². The normalized spacial score (nSPS) is 18.3. The first-order chi connectivity index (χ1) is 21.9.